The predicted molar refractivity (Wildman–Crippen MR) is 48.6 cm³/mol. The Morgan fingerprint density at radius 3 is 2.92 bits per heavy atom. The number of hydrogen-bond donors (Lipinski definition) is 1. The van der Waals surface area contributed by atoms with E-state index in [-0.39, 0.29) is 6.17 Å². The summed E-state index contributed by atoms with van der Waals surface area (Å²) in [6.07, 6.45) is 1.77. The Bertz CT molecular complexity index is 389. The Morgan fingerprint density at radius 1 is 1.42 bits per heavy atom. The zero-order valence-electron chi connectivity index (χ0n) is 6.94. The Kier molecular flexibility index (Phi) is 1.59. The lowest BCUT2D eigenvalue weighted by Gasteiger charge is -2.05. The average Bonchev–Trinajstić information content (AvgIpc) is 2.47. The Labute approximate surface area is 70.8 Å². The van der Waals surface area contributed by atoms with E-state index in [0.717, 1.165) is 10.9 Å². The van der Waals surface area contributed by atoms with E-state index in [9.17, 15) is 0 Å². The maximum Gasteiger partial charge on any atom is 0.0967 e. The first-order valence-corrected chi connectivity index (χ1v) is 3.97. The van der Waals surface area contributed by atoms with Crippen LogP contribution in [-0.4, -0.2) is 9.78 Å². The van der Waals surface area contributed by atoms with Crippen molar-refractivity contribution in [2.75, 3.05) is 0 Å². The number of nitrogens with two attached hydrogens (primary N) is 1. The lowest BCUT2D eigenvalue weighted by Crippen LogP contribution is -2.15. The summed E-state index contributed by atoms with van der Waals surface area (Å²) in [6.45, 7) is 1.92. The van der Waals surface area contributed by atoms with Gasteiger partial charge in [-0.2, -0.15) is 5.10 Å². The summed E-state index contributed by atoms with van der Waals surface area (Å²) >= 11 is 0. The molecule has 12 heavy (non-hydrogen) atoms. The van der Waals surface area contributed by atoms with Crippen molar-refractivity contribution >= 4 is 10.9 Å². The van der Waals surface area contributed by atoms with Crippen molar-refractivity contribution < 1.29 is 0 Å². The maximum atomic E-state index is 5.72. The van der Waals surface area contributed by atoms with Crippen LogP contribution >= 0.6 is 0 Å². The molecule has 0 amide bonds. The van der Waals surface area contributed by atoms with Crippen molar-refractivity contribution in [2.24, 2.45) is 5.73 Å². The molecule has 1 aromatic heterocycles. The van der Waals surface area contributed by atoms with E-state index in [2.05, 4.69) is 5.10 Å². The monoisotopic (exact) mass is 161 g/mol. The van der Waals surface area contributed by atoms with E-state index in [1.807, 2.05) is 42.1 Å². The molecule has 2 N–H and O–H groups in total. The van der Waals surface area contributed by atoms with Crippen LogP contribution in [-0.2, 0) is 0 Å². The van der Waals surface area contributed by atoms with E-state index >= 15 is 0 Å². The molecule has 0 spiro atoms. The van der Waals surface area contributed by atoms with Crippen molar-refractivity contribution in [3.05, 3.63) is 30.5 Å². The van der Waals surface area contributed by atoms with Gasteiger partial charge in [0.25, 0.3) is 0 Å². The number of aromatic nitrogens is 2. The average molecular weight is 161 g/mol. The fourth-order valence-electron chi connectivity index (χ4n) is 1.32. The smallest absolute Gasteiger partial charge is 0.0967 e. The third-order valence-electron chi connectivity index (χ3n) is 1.89. The number of para-hydroxylation sites is 1. The molecule has 0 aliphatic rings. The molecule has 3 nitrogen and oxygen atoms in total. The van der Waals surface area contributed by atoms with E-state index in [0.29, 0.717) is 0 Å². The summed E-state index contributed by atoms with van der Waals surface area (Å²) in [6, 6.07) is 8.03. The van der Waals surface area contributed by atoms with Gasteiger partial charge in [0, 0.05) is 5.39 Å². The summed E-state index contributed by atoms with van der Waals surface area (Å²) in [5, 5.41) is 5.32. The SMILES string of the molecule is CC(N)n1ncc2ccccc21. The minimum Gasteiger partial charge on any atom is -0.310 e. The van der Waals surface area contributed by atoms with Crippen LogP contribution in [0.3, 0.4) is 0 Å². The second kappa shape index (κ2) is 2.60. The van der Waals surface area contributed by atoms with Gasteiger partial charge in [-0.1, -0.05) is 18.2 Å². The van der Waals surface area contributed by atoms with Gasteiger partial charge in [0.15, 0.2) is 0 Å². The Hall–Kier alpha value is -1.35. The van der Waals surface area contributed by atoms with Gasteiger partial charge in [-0.3, -0.25) is 0 Å². The Balaban J connectivity index is 2.70. The molecule has 2 aromatic rings. The molecular weight excluding hydrogens is 150 g/mol. The van der Waals surface area contributed by atoms with Gasteiger partial charge in [-0.25, -0.2) is 4.68 Å². The first-order valence-electron chi connectivity index (χ1n) is 3.97. The van der Waals surface area contributed by atoms with Gasteiger partial charge in [0.1, 0.15) is 0 Å². The van der Waals surface area contributed by atoms with E-state index in [1.165, 1.54) is 0 Å². The number of hydrogen-bond acceptors (Lipinski definition) is 2. The second-order valence-electron chi connectivity index (χ2n) is 2.89. The molecular formula is C9H11N3. The molecule has 0 fully saturated rings. The second-order valence-corrected chi connectivity index (χ2v) is 2.89. The number of rotatable bonds is 1. The van der Waals surface area contributed by atoms with Gasteiger partial charge >= 0.3 is 0 Å². The van der Waals surface area contributed by atoms with Crippen molar-refractivity contribution in [3.8, 4) is 0 Å². The van der Waals surface area contributed by atoms with E-state index in [4.69, 9.17) is 5.73 Å². The van der Waals surface area contributed by atoms with Gasteiger partial charge in [0.05, 0.1) is 17.9 Å². The third-order valence-corrected chi connectivity index (χ3v) is 1.89. The van der Waals surface area contributed by atoms with Crippen LogP contribution in [0.4, 0.5) is 0 Å². The highest BCUT2D eigenvalue weighted by Gasteiger charge is 2.03. The molecule has 2 rings (SSSR count). The molecule has 0 aliphatic heterocycles. The summed E-state index contributed by atoms with van der Waals surface area (Å²) in [5.74, 6) is 0. The van der Waals surface area contributed by atoms with Crippen LogP contribution in [0, 0.1) is 0 Å². The summed E-state index contributed by atoms with van der Waals surface area (Å²) in [7, 11) is 0. The first kappa shape index (κ1) is 7.31. The zero-order valence-corrected chi connectivity index (χ0v) is 6.94. The quantitative estimate of drug-likeness (QED) is 0.689. The largest absolute Gasteiger partial charge is 0.310 e. The molecule has 0 saturated carbocycles. The highest BCUT2D eigenvalue weighted by Crippen LogP contribution is 2.14. The van der Waals surface area contributed by atoms with Crippen molar-refractivity contribution in [1.82, 2.24) is 9.78 Å². The predicted octanol–water partition coefficient (Wildman–Crippen LogP) is 1.51. The minimum atomic E-state index is -0.0649. The van der Waals surface area contributed by atoms with Crippen LogP contribution in [0.5, 0.6) is 0 Å². The maximum absolute atomic E-state index is 5.72. The van der Waals surface area contributed by atoms with Gasteiger partial charge < -0.3 is 5.73 Å². The van der Waals surface area contributed by atoms with Crippen LogP contribution in [0.1, 0.15) is 13.1 Å². The summed E-state index contributed by atoms with van der Waals surface area (Å²) < 4.78 is 1.81. The van der Waals surface area contributed by atoms with Crippen LogP contribution in [0.25, 0.3) is 10.9 Å². The van der Waals surface area contributed by atoms with Crippen LogP contribution in [0.2, 0.25) is 0 Å². The normalized spacial score (nSPS) is 13.5. The van der Waals surface area contributed by atoms with Gasteiger partial charge in [-0.05, 0) is 13.0 Å². The molecule has 0 saturated heterocycles. The van der Waals surface area contributed by atoms with Crippen molar-refractivity contribution in [3.63, 3.8) is 0 Å². The highest BCUT2D eigenvalue weighted by molar-refractivity contribution is 5.78. The zero-order chi connectivity index (χ0) is 8.55. The molecule has 3 heteroatoms. The third kappa shape index (κ3) is 0.987. The lowest BCUT2D eigenvalue weighted by molar-refractivity contribution is 0.527. The fourth-order valence-corrected chi connectivity index (χ4v) is 1.32. The minimum absolute atomic E-state index is 0.0649. The molecule has 0 bridgehead atoms. The molecule has 1 aromatic carbocycles. The number of fused-ring (bicyclic) bond motifs is 1. The molecule has 1 heterocycles. The molecule has 0 aliphatic carbocycles. The molecule has 0 radical (unpaired) electrons. The molecule has 62 valence electrons. The summed E-state index contributed by atoms with van der Waals surface area (Å²) in [5.41, 5.74) is 6.81. The van der Waals surface area contributed by atoms with Crippen molar-refractivity contribution in [2.45, 2.75) is 13.1 Å². The van der Waals surface area contributed by atoms with Crippen LogP contribution < -0.4 is 5.73 Å². The lowest BCUT2D eigenvalue weighted by atomic mass is 10.2. The van der Waals surface area contributed by atoms with Crippen molar-refractivity contribution in [1.29, 1.82) is 0 Å². The van der Waals surface area contributed by atoms with E-state index < -0.39 is 0 Å². The first-order chi connectivity index (χ1) is 5.79. The standard InChI is InChI=1S/C9H11N3/c1-7(10)12-9-5-3-2-4-8(9)6-11-12/h2-7H,10H2,1H3. The van der Waals surface area contributed by atoms with E-state index in [1.54, 1.807) is 0 Å². The van der Waals surface area contributed by atoms with Gasteiger partial charge in [-0.15, -0.1) is 0 Å². The Morgan fingerprint density at radius 2 is 2.17 bits per heavy atom. The number of benzene rings is 1. The van der Waals surface area contributed by atoms with Crippen LogP contribution in [0.15, 0.2) is 30.5 Å². The number of nitrogens with zero attached hydrogens (tertiary/aromatic N) is 2. The van der Waals surface area contributed by atoms with Gasteiger partial charge in [0.2, 0.25) is 0 Å². The fraction of sp³-hybridized carbons (Fsp3) is 0.222. The highest BCUT2D eigenvalue weighted by atomic mass is 15.3. The summed E-state index contributed by atoms with van der Waals surface area (Å²) in [4.78, 5) is 0. The molecule has 1 unspecified atom stereocenters. The molecule has 1 atom stereocenters. The topological polar surface area (TPSA) is 43.8 Å².